The molecule has 0 saturated carbocycles. The minimum Gasteiger partial charge on any atom is -0.373 e. The third-order valence-electron chi connectivity index (χ3n) is 6.04. The van der Waals surface area contributed by atoms with E-state index in [9.17, 15) is 9.59 Å². The van der Waals surface area contributed by atoms with Crippen LogP contribution in [0, 0.1) is 5.41 Å². The van der Waals surface area contributed by atoms with E-state index in [1.54, 1.807) is 7.11 Å². The van der Waals surface area contributed by atoms with Gasteiger partial charge in [-0.15, -0.1) is 0 Å². The average Bonchev–Trinajstić information content (AvgIpc) is 2.72. The Balaban J connectivity index is 2.32. The van der Waals surface area contributed by atoms with Crippen molar-refractivity contribution in [2.75, 3.05) is 14.2 Å². The lowest BCUT2D eigenvalue weighted by Gasteiger charge is -2.45. The second kappa shape index (κ2) is 10.00. The SMILES string of the molecule is CCC1=CCC(OC)(C(C=O)(CCC2=CCCCC2)CC(=O)NOC)C=C1. The van der Waals surface area contributed by atoms with Crippen LogP contribution in [0.2, 0.25) is 0 Å². The molecule has 0 bridgehead atoms. The van der Waals surface area contributed by atoms with Crippen LogP contribution >= 0.6 is 0 Å². The third-order valence-corrected chi connectivity index (χ3v) is 6.04. The minimum absolute atomic E-state index is 0.0328. The molecule has 2 rings (SSSR count). The Morgan fingerprint density at radius 2 is 2.15 bits per heavy atom. The lowest BCUT2D eigenvalue weighted by molar-refractivity contribution is -0.149. The molecular formula is C22H33NO4. The van der Waals surface area contributed by atoms with Crippen molar-refractivity contribution in [1.29, 1.82) is 0 Å². The first-order valence-electron chi connectivity index (χ1n) is 9.94. The summed E-state index contributed by atoms with van der Waals surface area (Å²) in [6.07, 6.45) is 16.9. The Bertz CT molecular complexity index is 622. The van der Waals surface area contributed by atoms with Gasteiger partial charge in [0.25, 0.3) is 0 Å². The highest BCUT2D eigenvalue weighted by Gasteiger charge is 2.51. The Kier molecular flexibility index (Phi) is 7.99. The zero-order chi connectivity index (χ0) is 19.8. The predicted molar refractivity (Wildman–Crippen MR) is 106 cm³/mol. The second-order valence-electron chi connectivity index (χ2n) is 7.55. The van der Waals surface area contributed by atoms with Crippen LogP contribution in [0.4, 0.5) is 0 Å². The summed E-state index contributed by atoms with van der Waals surface area (Å²) in [6.45, 7) is 2.10. The largest absolute Gasteiger partial charge is 0.373 e. The van der Waals surface area contributed by atoms with E-state index in [4.69, 9.17) is 9.57 Å². The first-order valence-corrected chi connectivity index (χ1v) is 9.94. The van der Waals surface area contributed by atoms with Crippen molar-refractivity contribution in [3.05, 3.63) is 35.5 Å². The van der Waals surface area contributed by atoms with Crippen LogP contribution in [0.5, 0.6) is 0 Å². The fourth-order valence-electron chi connectivity index (χ4n) is 4.25. The Morgan fingerprint density at radius 3 is 2.67 bits per heavy atom. The normalized spacial score (nSPS) is 24.6. The van der Waals surface area contributed by atoms with Crippen LogP contribution in [-0.2, 0) is 19.2 Å². The Morgan fingerprint density at radius 1 is 1.33 bits per heavy atom. The van der Waals surface area contributed by atoms with Gasteiger partial charge in [-0.05, 0) is 51.4 Å². The molecule has 0 aromatic heterocycles. The maximum Gasteiger partial charge on any atom is 0.244 e. The molecule has 2 aliphatic rings. The number of ether oxygens (including phenoxy) is 1. The summed E-state index contributed by atoms with van der Waals surface area (Å²) >= 11 is 0. The molecule has 2 atom stereocenters. The molecule has 150 valence electrons. The summed E-state index contributed by atoms with van der Waals surface area (Å²) in [7, 11) is 3.03. The summed E-state index contributed by atoms with van der Waals surface area (Å²) in [5.41, 5.74) is 3.20. The highest BCUT2D eigenvalue weighted by Crippen LogP contribution is 2.47. The minimum atomic E-state index is -0.949. The quantitative estimate of drug-likeness (QED) is 0.353. The molecule has 0 aromatic carbocycles. The van der Waals surface area contributed by atoms with E-state index < -0.39 is 11.0 Å². The van der Waals surface area contributed by atoms with E-state index >= 15 is 0 Å². The first-order chi connectivity index (χ1) is 13.0. The van der Waals surface area contributed by atoms with Gasteiger partial charge >= 0.3 is 0 Å². The van der Waals surface area contributed by atoms with E-state index in [-0.39, 0.29) is 12.3 Å². The maximum absolute atomic E-state index is 12.5. The molecule has 0 radical (unpaired) electrons. The van der Waals surface area contributed by atoms with E-state index in [1.165, 1.54) is 31.1 Å². The zero-order valence-electron chi connectivity index (χ0n) is 16.9. The van der Waals surface area contributed by atoms with Crippen molar-refractivity contribution in [3.63, 3.8) is 0 Å². The highest BCUT2D eigenvalue weighted by molar-refractivity contribution is 5.81. The van der Waals surface area contributed by atoms with Gasteiger partial charge in [0.2, 0.25) is 5.91 Å². The van der Waals surface area contributed by atoms with Crippen molar-refractivity contribution < 1.29 is 19.2 Å². The van der Waals surface area contributed by atoms with Crippen LogP contribution in [0.3, 0.4) is 0 Å². The van der Waals surface area contributed by atoms with Gasteiger partial charge < -0.3 is 9.53 Å². The molecule has 1 amide bonds. The van der Waals surface area contributed by atoms with Crippen LogP contribution in [-0.4, -0.2) is 32.0 Å². The summed E-state index contributed by atoms with van der Waals surface area (Å²) in [5.74, 6) is -0.308. The topological polar surface area (TPSA) is 64.6 Å². The fourth-order valence-corrected chi connectivity index (χ4v) is 4.25. The standard InChI is InChI=1S/C22H33NO4/c1-4-18-11-14-22(26-2,15-12-18)21(17-24,16-20(25)23-27-3)13-10-19-8-6-5-7-9-19/h8,11-12,14,17H,4-7,9-10,13,15-16H2,1-3H3,(H,23,25). The monoisotopic (exact) mass is 375 g/mol. The van der Waals surface area contributed by atoms with Crippen molar-refractivity contribution in [1.82, 2.24) is 5.48 Å². The number of carbonyl (C=O) groups excluding carboxylic acids is 2. The molecule has 0 aromatic rings. The summed E-state index contributed by atoms with van der Waals surface area (Å²) < 4.78 is 5.94. The van der Waals surface area contributed by atoms with Gasteiger partial charge in [-0.1, -0.05) is 42.4 Å². The maximum atomic E-state index is 12.5. The molecule has 0 fully saturated rings. The number of amides is 1. The van der Waals surface area contributed by atoms with Gasteiger partial charge in [0.15, 0.2) is 0 Å². The fraction of sp³-hybridized carbons (Fsp3) is 0.636. The summed E-state index contributed by atoms with van der Waals surface area (Å²) in [4.78, 5) is 29.6. The number of rotatable bonds is 10. The molecule has 27 heavy (non-hydrogen) atoms. The predicted octanol–water partition coefficient (Wildman–Crippen LogP) is 4.20. The Hall–Kier alpha value is -1.72. The molecule has 5 nitrogen and oxygen atoms in total. The molecule has 5 heteroatoms. The van der Waals surface area contributed by atoms with E-state index in [1.807, 2.05) is 12.2 Å². The summed E-state index contributed by atoms with van der Waals surface area (Å²) in [6, 6.07) is 0. The molecule has 0 aliphatic heterocycles. The number of nitrogens with one attached hydrogen (secondary N) is 1. The summed E-state index contributed by atoms with van der Waals surface area (Å²) in [5, 5.41) is 0. The second-order valence-corrected chi connectivity index (χ2v) is 7.55. The first kappa shape index (κ1) is 21.6. The lowest BCUT2D eigenvalue weighted by atomic mass is 9.63. The molecule has 1 N–H and O–H groups in total. The van der Waals surface area contributed by atoms with Crippen molar-refractivity contribution in [3.8, 4) is 0 Å². The average molecular weight is 376 g/mol. The van der Waals surface area contributed by atoms with Crippen LogP contribution in [0.1, 0.15) is 64.7 Å². The zero-order valence-corrected chi connectivity index (χ0v) is 16.9. The highest BCUT2D eigenvalue weighted by atomic mass is 16.6. The third kappa shape index (κ3) is 4.96. The van der Waals surface area contributed by atoms with Crippen LogP contribution in [0.15, 0.2) is 35.5 Å². The molecule has 0 saturated heterocycles. The van der Waals surface area contributed by atoms with Crippen molar-refractivity contribution in [2.45, 2.75) is 70.3 Å². The number of carbonyl (C=O) groups is 2. The van der Waals surface area contributed by atoms with E-state index in [2.05, 4.69) is 24.6 Å². The molecule has 2 unspecified atom stereocenters. The van der Waals surface area contributed by atoms with Gasteiger partial charge in [0.1, 0.15) is 11.9 Å². The van der Waals surface area contributed by atoms with E-state index in [0.717, 1.165) is 32.0 Å². The van der Waals surface area contributed by atoms with Crippen LogP contribution in [0.25, 0.3) is 0 Å². The van der Waals surface area contributed by atoms with Crippen LogP contribution < -0.4 is 5.48 Å². The number of aldehydes is 1. The number of hydrogen-bond donors (Lipinski definition) is 1. The van der Waals surface area contributed by atoms with Gasteiger partial charge in [0, 0.05) is 13.5 Å². The van der Waals surface area contributed by atoms with Crippen molar-refractivity contribution in [2.24, 2.45) is 5.41 Å². The van der Waals surface area contributed by atoms with Crippen molar-refractivity contribution >= 4 is 12.2 Å². The van der Waals surface area contributed by atoms with Gasteiger partial charge in [0.05, 0.1) is 12.5 Å². The molecule has 0 spiro atoms. The molecule has 2 aliphatic carbocycles. The number of hydrogen-bond acceptors (Lipinski definition) is 4. The van der Waals surface area contributed by atoms with Gasteiger partial charge in [-0.2, -0.15) is 0 Å². The number of allylic oxidation sites excluding steroid dienone is 4. The Labute approximate surface area is 162 Å². The lowest BCUT2D eigenvalue weighted by Crippen LogP contribution is -2.52. The number of methoxy groups -OCH3 is 1. The number of hydroxylamine groups is 1. The van der Waals surface area contributed by atoms with Gasteiger partial charge in [-0.25, -0.2) is 5.48 Å². The van der Waals surface area contributed by atoms with Gasteiger partial charge in [-0.3, -0.25) is 9.63 Å². The molecule has 0 heterocycles. The smallest absolute Gasteiger partial charge is 0.244 e. The van der Waals surface area contributed by atoms with E-state index in [0.29, 0.717) is 12.8 Å². The molecular weight excluding hydrogens is 342 g/mol.